The summed E-state index contributed by atoms with van der Waals surface area (Å²) < 4.78 is 10.7. The van der Waals surface area contributed by atoms with Gasteiger partial charge in [0.2, 0.25) is 6.29 Å². The second kappa shape index (κ2) is 3.25. The van der Waals surface area contributed by atoms with Gasteiger partial charge < -0.3 is 9.47 Å². The highest BCUT2D eigenvalue weighted by Crippen LogP contribution is 2.57. The molecule has 2 aliphatic heterocycles. The molecule has 1 aromatic heterocycles. The van der Waals surface area contributed by atoms with E-state index in [-0.39, 0.29) is 35.4 Å². The molecule has 4 rings (SSSR count). The first-order chi connectivity index (χ1) is 8.27. The van der Waals surface area contributed by atoms with E-state index in [2.05, 4.69) is 0 Å². The van der Waals surface area contributed by atoms with Crippen molar-refractivity contribution in [3.63, 3.8) is 0 Å². The summed E-state index contributed by atoms with van der Waals surface area (Å²) in [4.78, 5) is 24.9. The molecule has 5 heteroatoms. The van der Waals surface area contributed by atoms with E-state index in [1.807, 2.05) is 17.5 Å². The molecule has 88 valence electrons. The van der Waals surface area contributed by atoms with E-state index in [1.54, 1.807) is 0 Å². The summed E-state index contributed by atoms with van der Waals surface area (Å²) in [7, 11) is 0. The second-order valence-electron chi connectivity index (χ2n) is 4.71. The molecule has 17 heavy (non-hydrogen) atoms. The number of carbonyl (C=O) groups excluding carboxylic acids is 2. The van der Waals surface area contributed by atoms with Crippen LogP contribution >= 0.6 is 11.3 Å². The lowest BCUT2D eigenvalue weighted by Gasteiger charge is -2.14. The van der Waals surface area contributed by atoms with Gasteiger partial charge in [0.25, 0.3) is 0 Å². The summed E-state index contributed by atoms with van der Waals surface area (Å²) >= 11 is 1.43. The minimum atomic E-state index is -0.706. The lowest BCUT2D eigenvalue weighted by Crippen LogP contribution is -2.30. The Morgan fingerprint density at radius 3 is 3.12 bits per heavy atom. The Bertz CT molecular complexity index is 495. The van der Waals surface area contributed by atoms with Crippen LogP contribution in [0.25, 0.3) is 0 Å². The van der Waals surface area contributed by atoms with Crippen molar-refractivity contribution < 1.29 is 19.1 Å². The highest BCUT2D eigenvalue weighted by atomic mass is 32.1. The summed E-state index contributed by atoms with van der Waals surface area (Å²) in [6.07, 6.45) is -0.765. The van der Waals surface area contributed by atoms with Crippen molar-refractivity contribution in [2.75, 3.05) is 6.61 Å². The molecule has 3 aliphatic rings. The average molecular weight is 250 g/mol. The zero-order valence-corrected chi connectivity index (χ0v) is 9.68. The lowest BCUT2D eigenvalue weighted by atomic mass is 10.1. The third-order valence-electron chi connectivity index (χ3n) is 3.84. The minimum Gasteiger partial charge on any atom is -0.343 e. The van der Waals surface area contributed by atoms with Crippen molar-refractivity contribution >= 4 is 22.9 Å². The van der Waals surface area contributed by atoms with E-state index in [4.69, 9.17) is 9.47 Å². The van der Waals surface area contributed by atoms with Gasteiger partial charge in [0.15, 0.2) is 11.6 Å². The van der Waals surface area contributed by atoms with E-state index >= 15 is 0 Å². The number of Topliss-reactive ketones (excluding diaryl/α,β-unsaturated/α-hetero) is 2. The van der Waals surface area contributed by atoms with E-state index < -0.39 is 6.29 Å². The Kier molecular flexibility index (Phi) is 1.90. The number of ether oxygens (including phenoxy) is 2. The average Bonchev–Trinajstić information content (AvgIpc) is 2.77. The van der Waals surface area contributed by atoms with Gasteiger partial charge in [-0.3, -0.25) is 9.59 Å². The molecule has 1 saturated carbocycles. The SMILES string of the molecule is O=C(c1cccs1)[C@@H]1[C@@H]2C(=O)[C@H]3OC[C@@H](O3)[C@@H]12. The first-order valence-corrected chi connectivity index (χ1v) is 6.54. The van der Waals surface area contributed by atoms with Crippen LogP contribution in [0.4, 0.5) is 0 Å². The Balaban J connectivity index is 1.63. The van der Waals surface area contributed by atoms with Crippen LogP contribution < -0.4 is 0 Å². The first-order valence-electron chi connectivity index (χ1n) is 5.66. The van der Waals surface area contributed by atoms with E-state index in [1.165, 1.54) is 11.3 Å². The van der Waals surface area contributed by atoms with Gasteiger partial charge >= 0.3 is 0 Å². The van der Waals surface area contributed by atoms with Crippen LogP contribution in [0.15, 0.2) is 17.5 Å². The van der Waals surface area contributed by atoms with Gasteiger partial charge in [-0.25, -0.2) is 0 Å². The lowest BCUT2D eigenvalue weighted by molar-refractivity contribution is -0.153. The number of rotatable bonds is 2. The standard InChI is InChI=1S/C12H10O4S/c13-10(6-2-1-3-17-6)8-7-5-4-15-12(16-5)11(14)9(7)8/h1-3,5,7-9,12H,4H2/t5-,7+,8+,9-,12+/m1/s1. The monoisotopic (exact) mass is 250 g/mol. The summed E-state index contributed by atoms with van der Waals surface area (Å²) in [6.45, 7) is 0.450. The largest absolute Gasteiger partial charge is 0.343 e. The van der Waals surface area contributed by atoms with Crippen molar-refractivity contribution in [1.29, 1.82) is 0 Å². The molecule has 0 radical (unpaired) electrons. The molecule has 3 heterocycles. The Morgan fingerprint density at radius 1 is 1.47 bits per heavy atom. The minimum absolute atomic E-state index is 0.0429. The van der Waals surface area contributed by atoms with Crippen LogP contribution in [0.3, 0.4) is 0 Å². The van der Waals surface area contributed by atoms with Crippen LogP contribution in [0.5, 0.6) is 0 Å². The molecule has 1 aromatic rings. The third kappa shape index (κ3) is 1.24. The van der Waals surface area contributed by atoms with E-state index in [0.29, 0.717) is 6.61 Å². The maximum atomic E-state index is 12.2. The van der Waals surface area contributed by atoms with Crippen molar-refractivity contribution in [1.82, 2.24) is 0 Å². The normalized spacial score (nSPS) is 42.4. The number of fused-ring (bicyclic) bond motifs is 4. The quantitative estimate of drug-likeness (QED) is 0.738. The van der Waals surface area contributed by atoms with Gasteiger partial charge in [-0.05, 0) is 11.4 Å². The van der Waals surface area contributed by atoms with Crippen LogP contribution in [-0.2, 0) is 14.3 Å². The highest BCUT2D eigenvalue weighted by molar-refractivity contribution is 7.12. The van der Waals surface area contributed by atoms with Crippen LogP contribution in [0.2, 0.25) is 0 Å². The molecule has 2 bridgehead atoms. The number of hydrogen-bond acceptors (Lipinski definition) is 5. The zero-order chi connectivity index (χ0) is 11.6. The Hall–Kier alpha value is -1.04. The molecular weight excluding hydrogens is 240 g/mol. The zero-order valence-electron chi connectivity index (χ0n) is 8.87. The fourth-order valence-corrected chi connectivity index (χ4v) is 3.73. The molecule has 0 unspecified atom stereocenters. The number of ketones is 2. The molecule has 0 aromatic carbocycles. The summed E-state index contributed by atoms with van der Waals surface area (Å²) in [5.74, 6) is -0.218. The fraction of sp³-hybridized carbons (Fsp3) is 0.500. The maximum absolute atomic E-state index is 12.2. The molecule has 0 spiro atoms. The van der Waals surface area contributed by atoms with Crippen molar-refractivity contribution in [3.05, 3.63) is 22.4 Å². The summed E-state index contributed by atoms with van der Waals surface area (Å²) in [5, 5.41) is 1.88. The maximum Gasteiger partial charge on any atom is 0.218 e. The third-order valence-corrected chi connectivity index (χ3v) is 4.73. The molecular formula is C12H10O4S. The molecule has 5 atom stereocenters. The topological polar surface area (TPSA) is 52.6 Å². The van der Waals surface area contributed by atoms with Crippen LogP contribution in [0, 0.1) is 17.8 Å². The van der Waals surface area contributed by atoms with Crippen molar-refractivity contribution in [3.8, 4) is 0 Å². The van der Waals surface area contributed by atoms with Gasteiger partial charge in [-0.1, -0.05) is 6.07 Å². The van der Waals surface area contributed by atoms with Crippen molar-refractivity contribution in [2.45, 2.75) is 12.4 Å². The molecule has 3 fully saturated rings. The Labute approximate surface area is 102 Å². The smallest absolute Gasteiger partial charge is 0.218 e. The molecule has 0 N–H and O–H groups in total. The van der Waals surface area contributed by atoms with Gasteiger partial charge in [0, 0.05) is 17.8 Å². The fourth-order valence-electron chi connectivity index (χ4n) is 3.01. The predicted octanol–water partition coefficient (Wildman–Crippen LogP) is 1.12. The van der Waals surface area contributed by atoms with Crippen LogP contribution in [-0.4, -0.2) is 30.6 Å². The van der Waals surface area contributed by atoms with E-state index in [9.17, 15) is 9.59 Å². The second-order valence-corrected chi connectivity index (χ2v) is 5.66. The summed E-state index contributed by atoms with van der Waals surface area (Å²) in [5.41, 5.74) is 0. The first kappa shape index (κ1) is 9.94. The molecule has 2 saturated heterocycles. The number of hydrogen-bond donors (Lipinski definition) is 0. The van der Waals surface area contributed by atoms with Gasteiger partial charge in [-0.15, -0.1) is 11.3 Å². The highest BCUT2D eigenvalue weighted by Gasteiger charge is 2.68. The van der Waals surface area contributed by atoms with E-state index in [0.717, 1.165) is 4.88 Å². The predicted molar refractivity (Wildman–Crippen MR) is 58.7 cm³/mol. The Morgan fingerprint density at radius 2 is 2.35 bits per heavy atom. The van der Waals surface area contributed by atoms with Gasteiger partial charge in [0.05, 0.1) is 17.6 Å². The molecule has 4 nitrogen and oxygen atoms in total. The van der Waals surface area contributed by atoms with Gasteiger partial charge in [-0.2, -0.15) is 0 Å². The summed E-state index contributed by atoms with van der Waals surface area (Å²) in [6, 6.07) is 3.68. The van der Waals surface area contributed by atoms with Crippen molar-refractivity contribution in [2.24, 2.45) is 17.8 Å². The number of carbonyl (C=O) groups is 2. The van der Waals surface area contributed by atoms with Gasteiger partial charge in [0.1, 0.15) is 0 Å². The molecule has 0 amide bonds. The molecule has 1 aliphatic carbocycles. The van der Waals surface area contributed by atoms with Crippen LogP contribution in [0.1, 0.15) is 9.67 Å². The number of thiophene rings is 1.